The average molecular weight is 141 g/mol. The summed E-state index contributed by atoms with van der Waals surface area (Å²) in [6, 6.07) is 0. The highest BCUT2D eigenvalue weighted by molar-refractivity contribution is 7.85. The van der Waals surface area contributed by atoms with E-state index < -0.39 is 10.8 Å². The van der Waals surface area contributed by atoms with Crippen molar-refractivity contribution >= 4 is 22.4 Å². The fourth-order valence-corrected chi connectivity index (χ4v) is 1.21. The first kappa shape index (κ1) is 7.44. The number of hydrogen-bond acceptors (Lipinski definition) is 1. The molecule has 0 bridgehead atoms. The Hall–Kier alpha value is 0.440. The predicted molar refractivity (Wildman–Crippen MR) is 34.3 cm³/mol. The van der Waals surface area contributed by atoms with E-state index in [-0.39, 0.29) is 0 Å². The van der Waals surface area contributed by atoms with Gasteiger partial charge in [0.05, 0.1) is 0 Å². The first-order valence-electron chi connectivity index (χ1n) is 2.22. The van der Waals surface area contributed by atoms with Crippen LogP contribution in [0.2, 0.25) is 0 Å². The van der Waals surface area contributed by atoms with E-state index in [1.165, 1.54) is 0 Å². The lowest BCUT2D eigenvalue weighted by Crippen LogP contribution is -1.99. The largest absolute Gasteiger partial charge is 0.260 e. The summed E-state index contributed by atoms with van der Waals surface area (Å²) in [5, 5.41) is 0. The third kappa shape index (κ3) is 4.29. The van der Waals surface area contributed by atoms with Gasteiger partial charge in [0, 0.05) is 28.2 Å². The van der Waals surface area contributed by atoms with E-state index in [9.17, 15) is 4.21 Å². The Balaban J connectivity index is 3.00. The molecule has 0 aliphatic carbocycles. The molecule has 7 heavy (non-hydrogen) atoms. The van der Waals surface area contributed by atoms with Gasteiger partial charge in [0.25, 0.3) is 0 Å². The molecule has 3 heteroatoms. The zero-order valence-electron chi connectivity index (χ0n) is 4.32. The van der Waals surface area contributed by atoms with Crippen molar-refractivity contribution < 1.29 is 4.21 Å². The fraction of sp³-hybridized carbons (Fsp3) is 1.00. The second kappa shape index (κ2) is 4.60. The van der Waals surface area contributed by atoms with E-state index in [0.717, 1.165) is 5.75 Å². The first-order chi connectivity index (χ1) is 3.31. The van der Waals surface area contributed by atoms with Crippen LogP contribution in [0.25, 0.3) is 0 Å². The molecule has 0 aromatic heterocycles. The Bertz CT molecular complexity index is 64.7. The molecule has 1 nitrogen and oxygen atoms in total. The highest BCUT2D eigenvalue weighted by Gasteiger charge is 1.89. The van der Waals surface area contributed by atoms with Crippen LogP contribution >= 0.6 is 11.6 Å². The molecule has 0 saturated heterocycles. The summed E-state index contributed by atoms with van der Waals surface area (Å²) in [5.74, 6) is 1.88. The minimum Gasteiger partial charge on any atom is -0.260 e. The summed E-state index contributed by atoms with van der Waals surface area (Å²) >= 11 is 5.28. The van der Waals surface area contributed by atoms with Crippen molar-refractivity contribution in [3.63, 3.8) is 0 Å². The zero-order chi connectivity index (χ0) is 5.70. The van der Waals surface area contributed by atoms with Gasteiger partial charge in [-0.3, -0.25) is 4.21 Å². The molecule has 0 amide bonds. The molecule has 44 valence electrons. The second-order valence-electron chi connectivity index (χ2n) is 1.12. The number of hydrogen-bond donors (Lipinski definition) is 0. The number of rotatable bonds is 3. The Morgan fingerprint density at radius 1 is 1.71 bits per heavy atom. The smallest absolute Gasteiger partial charge is 0.0370 e. The monoisotopic (exact) mass is 140 g/mol. The summed E-state index contributed by atoms with van der Waals surface area (Å²) in [6.45, 7) is 1.89. The lowest BCUT2D eigenvalue weighted by molar-refractivity contribution is 0.685. The van der Waals surface area contributed by atoms with Crippen LogP contribution in [-0.2, 0) is 10.8 Å². The Morgan fingerprint density at radius 3 is 2.43 bits per heavy atom. The van der Waals surface area contributed by atoms with E-state index in [4.69, 9.17) is 11.6 Å². The van der Waals surface area contributed by atoms with Gasteiger partial charge < -0.3 is 0 Å². The molecule has 0 fully saturated rings. The second-order valence-corrected chi connectivity index (χ2v) is 3.36. The van der Waals surface area contributed by atoms with Crippen LogP contribution < -0.4 is 0 Å². The molecular weight excluding hydrogens is 132 g/mol. The third-order valence-corrected chi connectivity index (χ3v) is 2.34. The molecular formula is C4H9ClOS. The lowest BCUT2D eigenvalue weighted by Gasteiger charge is -1.88. The maximum Gasteiger partial charge on any atom is 0.0370 e. The van der Waals surface area contributed by atoms with Crippen molar-refractivity contribution in [3.05, 3.63) is 0 Å². The van der Waals surface area contributed by atoms with Crippen LogP contribution in [0.1, 0.15) is 6.92 Å². The molecule has 0 rings (SSSR count). The standard InChI is InChI=1S/C4H9ClOS/c1-2-7(6)4-3-5/h2-4H2,1H3. The minimum absolute atomic E-state index is 0.514. The van der Waals surface area contributed by atoms with Crippen molar-refractivity contribution in [2.75, 3.05) is 17.4 Å². The van der Waals surface area contributed by atoms with Gasteiger partial charge in [-0.1, -0.05) is 6.92 Å². The third-order valence-electron chi connectivity index (χ3n) is 0.627. The van der Waals surface area contributed by atoms with E-state index in [2.05, 4.69) is 0 Å². The Labute approximate surface area is 51.5 Å². The Morgan fingerprint density at radius 2 is 2.29 bits per heavy atom. The lowest BCUT2D eigenvalue weighted by atomic mass is 11.0. The molecule has 0 aromatic carbocycles. The van der Waals surface area contributed by atoms with Crippen molar-refractivity contribution in [1.82, 2.24) is 0 Å². The van der Waals surface area contributed by atoms with E-state index in [1.807, 2.05) is 6.92 Å². The van der Waals surface area contributed by atoms with Crippen LogP contribution in [0, 0.1) is 0 Å². The number of alkyl halides is 1. The minimum atomic E-state index is -0.659. The molecule has 0 radical (unpaired) electrons. The fourth-order valence-electron chi connectivity index (χ4n) is 0.230. The normalized spacial score (nSPS) is 14.0. The molecule has 0 heterocycles. The average Bonchev–Trinajstić information content (AvgIpc) is 1.68. The van der Waals surface area contributed by atoms with E-state index >= 15 is 0 Å². The maximum atomic E-state index is 10.4. The van der Waals surface area contributed by atoms with Crippen LogP contribution in [0.15, 0.2) is 0 Å². The van der Waals surface area contributed by atoms with Gasteiger partial charge in [0.1, 0.15) is 0 Å². The highest BCUT2D eigenvalue weighted by atomic mass is 35.5. The van der Waals surface area contributed by atoms with Crippen molar-refractivity contribution in [1.29, 1.82) is 0 Å². The predicted octanol–water partition coefficient (Wildman–Crippen LogP) is 0.994. The molecule has 0 spiro atoms. The van der Waals surface area contributed by atoms with Gasteiger partial charge in [-0.15, -0.1) is 11.6 Å². The Kier molecular flexibility index (Phi) is 4.88. The van der Waals surface area contributed by atoms with Crippen LogP contribution in [0.3, 0.4) is 0 Å². The van der Waals surface area contributed by atoms with E-state index in [1.54, 1.807) is 0 Å². The summed E-state index contributed by atoms with van der Waals surface area (Å²) in [7, 11) is -0.659. The van der Waals surface area contributed by atoms with Crippen LogP contribution in [-0.4, -0.2) is 21.6 Å². The summed E-state index contributed by atoms with van der Waals surface area (Å²) < 4.78 is 10.4. The molecule has 1 unspecified atom stereocenters. The van der Waals surface area contributed by atoms with Crippen LogP contribution in [0.4, 0.5) is 0 Å². The van der Waals surface area contributed by atoms with Gasteiger partial charge >= 0.3 is 0 Å². The molecule has 0 aliphatic rings. The zero-order valence-corrected chi connectivity index (χ0v) is 5.89. The van der Waals surface area contributed by atoms with E-state index in [0.29, 0.717) is 11.6 Å². The van der Waals surface area contributed by atoms with Gasteiger partial charge in [0.2, 0.25) is 0 Å². The molecule has 0 aliphatic heterocycles. The molecule has 0 saturated carbocycles. The quantitative estimate of drug-likeness (QED) is 0.535. The van der Waals surface area contributed by atoms with Crippen molar-refractivity contribution in [2.24, 2.45) is 0 Å². The van der Waals surface area contributed by atoms with Crippen LogP contribution in [0.5, 0.6) is 0 Å². The van der Waals surface area contributed by atoms with Crippen molar-refractivity contribution in [3.8, 4) is 0 Å². The van der Waals surface area contributed by atoms with Crippen molar-refractivity contribution in [2.45, 2.75) is 6.92 Å². The summed E-state index contributed by atoms with van der Waals surface area (Å²) in [5.41, 5.74) is 0. The maximum absolute atomic E-state index is 10.4. The molecule has 0 aromatic rings. The van der Waals surface area contributed by atoms with Gasteiger partial charge in [-0.2, -0.15) is 0 Å². The van der Waals surface area contributed by atoms with Gasteiger partial charge in [-0.25, -0.2) is 0 Å². The summed E-state index contributed by atoms with van der Waals surface area (Å²) in [4.78, 5) is 0. The number of halogens is 1. The highest BCUT2D eigenvalue weighted by Crippen LogP contribution is 1.82. The molecule has 0 N–H and O–H groups in total. The van der Waals surface area contributed by atoms with Gasteiger partial charge in [-0.05, 0) is 0 Å². The first-order valence-corrected chi connectivity index (χ1v) is 4.24. The molecule has 1 atom stereocenters. The summed E-state index contributed by atoms with van der Waals surface area (Å²) in [6.07, 6.45) is 0. The topological polar surface area (TPSA) is 17.1 Å². The SMILES string of the molecule is CCS(=O)CCCl. The van der Waals surface area contributed by atoms with Gasteiger partial charge in [0.15, 0.2) is 0 Å².